The molecule has 0 aliphatic heterocycles. The van der Waals surface area contributed by atoms with Crippen LogP contribution < -0.4 is 15.4 Å². The normalized spacial score (nSPS) is 11.3. The minimum absolute atomic E-state index is 0.119. The summed E-state index contributed by atoms with van der Waals surface area (Å²) in [6, 6.07) is 11.8. The van der Waals surface area contributed by atoms with Crippen molar-refractivity contribution >= 4 is 17.5 Å². The number of ether oxygens (including phenoxy) is 1. The van der Waals surface area contributed by atoms with E-state index in [-0.39, 0.29) is 17.2 Å². The summed E-state index contributed by atoms with van der Waals surface area (Å²) < 4.78 is 5.06. The number of nitrogens with one attached hydrogen (secondary N) is 2. The third-order valence-corrected chi connectivity index (χ3v) is 3.69. The van der Waals surface area contributed by atoms with E-state index < -0.39 is 16.9 Å². The number of carbonyl (C=O) groups excluding carboxylic acids is 2. The number of rotatable bonds is 7. The van der Waals surface area contributed by atoms with E-state index in [1.165, 1.54) is 18.2 Å². The molecule has 2 amide bonds. The Hall–Kier alpha value is -3.42. The van der Waals surface area contributed by atoms with E-state index in [0.29, 0.717) is 6.54 Å². The second-order valence-corrected chi connectivity index (χ2v) is 5.57. The number of nitro benzene ring substituents is 1. The first-order valence-corrected chi connectivity index (χ1v) is 7.86. The van der Waals surface area contributed by atoms with Crippen LogP contribution >= 0.6 is 0 Å². The number of nitrogens with zero attached hydrogens (tertiary/aromatic N) is 1. The summed E-state index contributed by atoms with van der Waals surface area (Å²) in [5, 5.41) is 16.0. The summed E-state index contributed by atoms with van der Waals surface area (Å²) in [6.07, 6.45) is 0. The van der Waals surface area contributed by atoms with Crippen LogP contribution in [0.2, 0.25) is 0 Å². The Morgan fingerprint density at radius 2 is 1.88 bits per heavy atom. The zero-order valence-corrected chi connectivity index (χ0v) is 14.4. The van der Waals surface area contributed by atoms with E-state index in [9.17, 15) is 19.7 Å². The fourth-order valence-corrected chi connectivity index (χ4v) is 2.19. The van der Waals surface area contributed by atoms with Gasteiger partial charge in [0.05, 0.1) is 12.0 Å². The SMILES string of the molecule is COc1ccc(CNC(=O)C(C)NC(=O)c2cccc([N+](=O)[O-])c2)cc1. The molecule has 2 rings (SSSR count). The van der Waals surface area contributed by atoms with Crippen molar-refractivity contribution in [2.24, 2.45) is 0 Å². The minimum Gasteiger partial charge on any atom is -0.497 e. The van der Waals surface area contributed by atoms with Gasteiger partial charge in [0.1, 0.15) is 11.8 Å². The molecule has 2 N–H and O–H groups in total. The molecule has 0 aliphatic rings. The van der Waals surface area contributed by atoms with Crippen molar-refractivity contribution in [1.82, 2.24) is 10.6 Å². The van der Waals surface area contributed by atoms with Gasteiger partial charge in [0.25, 0.3) is 11.6 Å². The Bertz CT molecular complexity index is 805. The Kier molecular flexibility index (Phi) is 6.26. The van der Waals surface area contributed by atoms with Gasteiger partial charge < -0.3 is 15.4 Å². The lowest BCUT2D eigenvalue weighted by Gasteiger charge is -2.14. The average molecular weight is 357 g/mol. The lowest BCUT2D eigenvalue weighted by Crippen LogP contribution is -2.44. The van der Waals surface area contributed by atoms with Crippen LogP contribution in [0.15, 0.2) is 48.5 Å². The minimum atomic E-state index is -0.792. The van der Waals surface area contributed by atoms with E-state index in [0.717, 1.165) is 17.4 Å². The quantitative estimate of drug-likeness (QED) is 0.582. The van der Waals surface area contributed by atoms with E-state index in [1.807, 2.05) is 12.1 Å². The van der Waals surface area contributed by atoms with Gasteiger partial charge in [0.15, 0.2) is 0 Å². The van der Waals surface area contributed by atoms with Crippen molar-refractivity contribution in [2.45, 2.75) is 19.5 Å². The van der Waals surface area contributed by atoms with Gasteiger partial charge in [-0.15, -0.1) is 0 Å². The first kappa shape index (κ1) is 18.9. The van der Waals surface area contributed by atoms with Crippen LogP contribution in [-0.4, -0.2) is 29.9 Å². The molecule has 2 aromatic carbocycles. The van der Waals surface area contributed by atoms with Gasteiger partial charge in [0.2, 0.25) is 5.91 Å². The highest BCUT2D eigenvalue weighted by Crippen LogP contribution is 2.13. The van der Waals surface area contributed by atoms with Gasteiger partial charge in [-0.05, 0) is 30.7 Å². The molecule has 2 aromatic rings. The van der Waals surface area contributed by atoms with E-state index in [1.54, 1.807) is 26.2 Å². The number of nitro groups is 1. The Balaban J connectivity index is 1.90. The predicted octanol–water partition coefficient (Wildman–Crippen LogP) is 2.04. The van der Waals surface area contributed by atoms with Crippen molar-refractivity contribution in [3.05, 3.63) is 69.8 Å². The highest BCUT2D eigenvalue weighted by atomic mass is 16.6. The molecule has 8 heteroatoms. The van der Waals surface area contributed by atoms with Crippen LogP contribution in [0, 0.1) is 10.1 Å². The molecule has 0 aliphatic carbocycles. The number of amides is 2. The molecule has 136 valence electrons. The van der Waals surface area contributed by atoms with Gasteiger partial charge in [-0.1, -0.05) is 18.2 Å². The molecule has 1 unspecified atom stereocenters. The number of carbonyl (C=O) groups is 2. The molecule has 1 atom stereocenters. The van der Waals surface area contributed by atoms with Gasteiger partial charge in [0, 0.05) is 24.2 Å². The van der Waals surface area contributed by atoms with Crippen LogP contribution in [0.5, 0.6) is 5.75 Å². The fraction of sp³-hybridized carbons (Fsp3) is 0.222. The van der Waals surface area contributed by atoms with Crippen LogP contribution in [0.1, 0.15) is 22.8 Å². The van der Waals surface area contributed by atoms with Crippen LogP contribution in [0.4, 0.5) is 5.69 Å². The molecule has 0 fully saturated rings. The van der Waals surface area contributed by atoms with Crippen LogP contribution in [0.25, 0.3) is 0 Å². The molecule has 0 saturated carbocycles. The van der Waals surface area contributed by atoms with Gasteiger partial charge in [-0.3, -0.25) is 19.7 Å². The van der Waals surface area contributed by atoms with E-state index in [2.05, 4.69) is 10.6 Å². The van der Waals surface area contributed by atoms with Crippen LogP contribution in [0.3, 0.4) is 0 Å². The molecule has 0 aromatic heterocycles. The zero-order valence-electron chi connectivity index (χ0n) is 14.4. The van der Waals surface area contributed by atoms with Gasteiger partial charge >= 0.3 is 0 Å². The maximum Gasteiger partial charge on any atom is 0.270 e. The third kappa shape index (κ3) is 5.04. The number of benzene rings is 2. The predicted molar refractivity (Wildman–Crippen MR) is 94.9 cm³/mol. The molecular formula is C18H19N3O5. The summed E-state index contributed by atoms with van der Waals surface area (Å²) in [5.74, 6) is -0.196. The number of methoxy groups -OCH3 is 1. The highest BCUT2D eigenvalue weighted by Gasteiger charge is 2.18. The molecule has 26 heavy (non-hydrogen) atoms. The van der Waals surface area contributed by atoms with Gasteiger partial charge in [-0.25, -0.2) is 0 Å². The second-order valence-electron chi connectivity index (χ2n) is 5.57. The zero-order chi connectivity index (χ0) is 19.1. The largest absolute Gasteiger partial charge is 0.497 e. The molecule has 0 bridgehead atoms. The maximum absolute atomic E-state index is 12.2. The molecule has 0 heterocycles. The molecule has 0 radical (unpaired) electrons. The summed E-state index contributed by atoms with van der Waals surface area (Å²) in [6.45, 7) is 1.85. The third-order valence-electron chi connectivity index (χ3n) is 3.69. The average Bonchev–Trinajstić information content (AvgIpc) is 2.66. The highest BCUT2D eigenvalue weighted by molar-refractivity contribution is 5.97. The first-order valence-electron chi connectivity index (χ1n) is 7.86. The smallest absolute Gasteiger partial charge is 0.270 e. The topological polar surface area (TPSA) is 111 Å². The Morgan fingerprint density at radius 3 is 2.50 bits per heavy atom. The van der Waals surface area contributed by atoms with Crippen molar-refractivity contribution in [1.29, 1.82) is 0 Å². The van der Waals surface area contributed by atoms with Gasteiger partial charge in [-0.2, -0.15) is 0 Å². The summed E-state index contributed by atoms with van der Waals surface area (Å²) in [5.41, 5.74) is 0.819. The lowest BCUT2D eigenvalue weighted by atomic mass is 10.1. The van der Waals surface area contributed by atoms with Crippen molar-refractivity contribution in [2.75, 3.05) is 7.11 Å². The monoisotopic (exact) mass is 357 g/mol. The maximum atomic E-state index is 12.2. The van der Waals surface area contributed by atoms with Crippen LogP contribution in [-0.2, 0) is 11.3 Å². The molecule has 0 spiro atoms. The first-order chi connectivity index (χ1) is 12.4. The lowest BCUT2D eigenvalue weighted by molar-refractivity contribution is -0.384. The Labute approximate surface area is 150 Å². The summed E-state index contributed by atoms with van der Waals surface area (Å²) in [4.78, 5) is 34.5. The standard InChI is InChI=1S/C18H19N3O5/c1-12(17(22)19-11-13-6-8-16(26-2)9-7-13)20-18(23)14-4-3-5-15(10-14)21(24)25/h3-10,12H,11H2,1-2H3,(H,19,22)(H,20,23). The Morgan fingerprint density at radius 1 is 1.19 bits per heavy atom. The molecule has 8 nitrogen and oxygen atoms in total. The fourth-order valence-electron chi connectivity index (χ4n) is 2.19. The molecule has 0 saturated heterocycles. The number of hydrogen-bond acceptors (Lipinski definition) is 5. The van der Waals surface area contributed by atoms with Crippen molar-refractivity contribution in [3.8, 4) is 5.75 Å². The van der Waals surface area contributed by atoms with Crippen molar-refractivity contribution < 1.29 is 19.2 Å². The van der Waals surface area contributed by atoms with E-state index in [4.69, 9.17) is 4.74 Å². The molecular weight excluding hydrogens is 338 g/mol. The summed E-state index contributed by atoms with van der Waals surface area (Å²) >= 11 is 0. The second kappa shape index (κ2) is 8.61. The number of non-ortho nitro benzene ring substituents is 1. The summed E-state index contributed by atoms with van der Waals surface area (Å²) in [7, 11) is 1.57. The van der Waals surface area contributed by atoms with E-state index >= 15 is 0 Å². The number of hydrogen-bond donors (Lipinski definition) is 2. The van der Waals surface area contributed by atoms with Crippen molar-refractivity contribution in [3.63, 3.8) is 0 Å².